The van der Waals surface area contributed by atoms with Gasteiger partial charge in [-0.1, -0.05) is 13.0 Å². The molecule has 1 heterocycles. The Morgan fingerprint density at radius 2 is 1.90 bits per heavy atom. The number of benzene rings is 1. The van der Waals surface area contributed by atoms with E-state index in [0.717, 1.165) is 22.9 Å². The van der Waals surface area contributed by atoms with Gasteiger partial charge in [0.15, 0.2) is 17.5 Å². The normalized spacial score (nSPS) is 12.7. The molecule has 0 amide bonds. The lowest BCUT2D eigenvalue weighted by atomic mass is 10.0. The monoisotopic (exact) mass is 299 g/mol. The SMILES string of the molecule is CCCNC(c1ccc(F)c(F)c1F)c1sccc1C. The molecule has 0 fully saturated rings. The number of aryl methyl sites for hydroxylation is 1. The van der Waals surface area contributed by atoms with E-state index in [2.05, 4.69) is 5.32 Å². The van der Waals surface area contributed by atoms with Crippen molar-refractivity contribution in [2.75, 3.05) is 6.54 Å². The van der Waals surface area contributed by atoms with Gasteiger partial charge in [0, 0.05) is 10.4 Å². The maximum Gasteiger partial charge on any atom is 0.194 e. The number of hydrogen-bond acceptors (Lipinski definition) is 2. The van der Waals surface area contributed by atoms with Gasteiger partial charge in [0.1, 0.15) is 0 Å². The van der Waals surface area contributed by atoms with Crippen molar-refractivity contribution in [2.45, 2.75) is 26.3 Å². The molecule has 0 aliphatic carbocycles. The second-order valence-electron chi connectivity index (χ2n) is 4.62. The molecule has 5 heteroatoms. The number of hydrogen-bond donors (Lipinski definition) is 1. The molecule has 0 saturated carbocycles. The minimum atomic E-state index is -1.42. The van der Waals surface area contributed by atoms with Crippen LogP contribution in [0.25, 0.3) is 0 Å². The van der Waals surface area contributed by atoms with E-state index in [1.165, 1.54) is 17.4 Å². The quantitative estimate of drug-likeness (QED) is 0.798. The van der Waals surface area contributed by atoms with Gasteiger partial charge in [0.25, 0.3) is 0 Å². The zero-order chi connectivity index (χ0) is 14.7. The lowest BCUT2D eigenvalue weighted by Gasteiger charge is -2.20. The van der Waals surface area contributed by atoms with Gasteiger partial charge in [-0.3, -0.25) is 0 Å². The first-order valence-electron chi connectivity index (χ1n) is 6.47. The molecule has 0 radical (unpaired) electrons. The predicted octanol–water partition coefficient (Wildman–Crippen LogP) is 4.56. The van der Waals surface area contributed by atoms with Gasteiger partial charge >= 0.3 is 0 Å². The average Bonchev–Trinajstić information content (AvgIpc) is 2.85. The van der Waals surface area contributed by atoms with E-state index < -0.39 is 23.5 Å². The summed E-state index contributed by atoms with van der Waals surface area (Å²) in [6.07, 6.45) is 0.867. The van der Waals surface area contributed by atoms with Crippen molar-refractivity contribution in [2.24, 2.45) is 0 Å². The summed E-state index contributed by atoms with van der Waals surface area (Å²) in [7, 11) is 0. The first kappa shape index (κ1) is 15.1. The summed E-state index contributed by atoms with van der Waals surface area (Å²) in [5.41, 5.74) is 1.15. The first-order valence-corrected chi connectivity index (χ1v) is 7.35. The number of rotatable bonds is 5. The van der Waals surface area contributed by atoms with Crippen molar-refractivity contribution in [1.82, 2.24) is 5.32 Å². The van der Waals surface area contributed by atoms with Crippen molar-refractivity contribution in [1.29, 1.82) is 0 Å². The van der Waals surface area contributed by atoms with Gasteiger partial charge in [-0.2, -0.15) is 0 Å². The molecular weight excluding hydrogens is 283 g/mol. The van der Waals surface area contributed by atoms with Gasteiger partial charge in [0.2, 0.25) is 0 Å². The molecule has 0 aliphatic heterocycles. The van der Waals surface area contributed by atoms with E-state index in [4.69, 9.17) is 0 Å². The zero-order valence-corrected chi connectivity index (χ0v) is 12.2. The van der Waals surface area contributed by atoms with Crippen molar-refractivity contribution in [3.05, 3.63) is 57.0 Å². The Bertz CT molecular complexity index is 595. The van der Waals surface area contributed by atoms with E-state index in [0.29, 0.717) is 6.54 Å². The Morgan fingerprint density at radius 1 is 1.15 bits per heavy atom. The second kappa shape index (κ2) is 6.41. The summed E-state index contributed by atoms with van der Waals surface area (Å²) in [4.78, 5) is 0.920. The Hall–Kier alpha value is -1.33. The van der Waals surface area contributed by atoms with Crippen molar-refractivity contribution >= 4 is 11.3 Å². The number of halogens is 3. The zero-order valence-electron chi connectivity index (χ0n) is 11.3. The fourth-order valence-corrected chi connectivity index (χ4v) is 3.10. The Balaban J connectivity index is 2.47. The minimum absolute atomic E-state index is 0.142. The fourth-order valence-electron chi connectivity index (χ4n) is 2.08. The maximum atomic E-state index is 14.0. The van der Waals surface area contributed by atoms with Crippen LogP contribution < -0.4 is 5.32 Å². The van der Waals surface area contributed by atoms with Crippen LogP contribution in [0.3, 0.4) is 0 Å². The van der Waals surface area contributed by atoms with Crippen LogP contribution in [0.1, 0.15) is 35.4 Å². The largest absolute Gasteiger partial charge is 0.305 e. The van der Waals surface area contributed by atoms with Gasteiger partial charge in [-0.15, -0.1) is 11.3 Å². The summed E-state index contributed by atoms with van der Waals surface area (Å²) >= 11 is 1.48. The molecule has 0 spiro atoms. The molecule has 1 aromatic carbocycles. The smallest absolute Gasteiger partial charge is 0.194 e. The fraction of sp³-hybridized carbons (Fsp3) is 0.333. The first-order chi connectivity index (χ1) is 9.56. The Kier molecular flexibility index (Phi) is 4.83. The predicted molar refractivity (Wildman–Crippen MR) is 75.5 cm³/mol. The highest BCUT2D eigenvalue weighted by atomic mass is 32.1. The molecule has 1 atom stereocenters. The molecule has 0 saturated heterocycles. The van der Waals surface area contributed by atoms with E-state index in [9.17, 15) is 13.2 Å². The van der Waals surface area contributed by atoms with E-state index >= 15 is 0 Å². The number of nitrogens with one attached hydrogen (secondary N) is 1. The summed E-state index contributed by atoms with van der Waals surface area (Å²) in [6, 6.07) is 3.75. The highest BCUT2D eigenvalue weighted by Crippen LogP contribution is 2.32. The van der Waals surface area contributed by atoms with Crippen LogP contribution in [-0.2, 0) is 0 Å². The van der Waals surface area contributed by atoms with Gasteiger partial charge in [-0.05, 0) is 43.0 Å². The topological polar surface area (TPSA) is 12.0 Å². The molecule has 1 nitrogen and oxygen atoms in total. The molecule has 1 aromatic heterocycles. The van der Waals surface area contributed by atoms with Crippen LogP contribution in [0.5, 0.6) is 0 Å². The van der Waals surface area contributed by atoms with Crippen LogP contribution in [0.4, 0.5) is 13.2 Å². The third-order valence-electron chi connectivity index (χ3n) is 3.14. The maximum absolute atomic E-state index is 14.0. The van der Waals surface area contributed by atoms with Crippen LogP contribution in [-0.4, -0.2) is 6.54 Å². The average molecular weight is 299 g/mol. The van der Waals surface area contributed by atoms with E-state index in [-0.39, 0.29) is 5.56 Å². The van der Waals surface area contributed by atoms with E-state index in [1.54, 1.807) is 0 Å². The summed E-state index contributed by atoms with van der Waals surface area (Å²) in [6.45, 7) is 4.58. The van der Waals surface area contributed by atoms with Crippen molar-refractivity contribution in [3.63, 3.8) is 0 Å². The molecular formula is C15H16F3NS. The van der Waals surface area contributed by atoms with Crippen LogP contribution in [0, 0.1) is 24.4 Å². The Labute approximate surface area is 120 Å². The molecule has 1 N–H and O–H groups in total. The van der Waals surface area contributed by atoms with Crippen LogP contribution in [0.2, 0.25) is 0 Å². The summed E-state index contributed by atoms with van der Waals surface area (Å²) < 4.78 is 40.5. The molecule has 2 rings (SSSR count). The lowest BCUT2D eigenvalue weighted by molar-refractivity contribution is 0.433. The van der Waals surface area contributed by atoms with Gasteiger partial charge in [-0.25, -0.2) is 13.2 Å². The molecule has 20 heavy (non-hydrogen) atoms. The highest BCUT2D eigenvalue weighted by Gasteiger charge is 2.23. The Morgan fingerprint density at radius 3 is 2.50 bits per heavy atom. The standard InChI is InChI=1S/C15H16F3NS/c1-3-7-19-14(15-9(2)6-8-20-15)10-4-5-11(16)13(18)12(10)17/h4-6,8,14,19H,3,7H2,1-2H3. The number of thiophene rings is 1. The third-order valence-corrected chi connectivity index (χ3v) is 4.22. The molecule has 1 unspecified atom stereocenters. The summed E-state index contributed by atoms with van der Waals surface area (Å²) in [5.74, 6) is -3.70. The van der Waals surface area contributed by atoms with E-state index in [1.807, 2.05) is 25.3 Å². The molecule has 0 bridgehead atoms. The third kappa shape index (κ3) is 2.88. The molecule has 108 valence electrons. The van der Waals surface area contributed by atoms with Gasteiger partial charge < -0.3 is 5.32 Å². The molecule has 2 aromatic rings. The second-order valence-corrected chi connectivity index (χ2v) is 5.57. The summed E-state index contributed by atoms with van der Waals surface area (Å²) in [5, 5.41) is 5.10. The highest BCUT2D eigenvalue weighted by molar-refractivity contribution is 7.10. The van der Waals surface area contributed by atoms with Crippen LogP contribution >= 0.6 is 11.3 Å². The van der Waals surface area contributed by atoms with Gasteiger partial charge in [0.05, 0.1) is 6.04 Å². The lowest BCUT2D eigenvalue weighted by Crippen LogP contribution is -2.24. The van der Waals surface area contributed by atoms with Crippen LogP contribution in [0.15, 0.2) is 23.6 Å². The minimum Gasteiger partial charge on any atom is -0.305 e. The van der Waals surface area contributed by atoms with Crippen molar-refractivity contribution in [3.8, 4) is 0 Å². The molecule has 0 aliphatic rings. The van der Waals surface area contributed by atoms with Crippen molar-refractivity contribution < 1.29 is 13.2 Å².